The van der Waals surface area contributed by atoms with Gasteiger partial charge < -0.3 is 4.74 Å². The van der Waals surface area contributed by atoms with Crippen LogP contribution in [-0.4, -0.2) is 12.1 Å². The molecule has 0 spiro atoms. The molecule has 2 aromatic carbocycles. The molecule has 126 valence electrons. The number of hydrogen-bond acceptors (Lipinski definition) is 2. The Hall–Kier alpha value is -1.90. The van der Waals surface area contributed by atoms with Gasteiger partial charge in [-0.15, -0.1) is 6.58 Å². The fourth-order valence-corrected chi connectivity index (χ4v) is 3.61. The monoisotopic (exact) mass is 321 g/mol. The Morgan fingerprint density at radius 1 is 1.04 bits per heavy atom. The normalized spacial score (nSPS) is 22.6. The van der Waals surface area contributed by atoms with Gasteiger partial charge in [-0.05, 0) is 18.8 Å². The van der Waals surface area contributed by atoms with Gasteiger partial charge in [0.15, 0.2) is 5.72 Å². The van der Waals surface area contributed by atoms with Crippen LogP contribution in [0.3, 0.4) is 0 Å². The van der Waals surface area contributed by atoms with E-state index in [4.69, 9.17) is 4.74 Å². The second-order valence-corrected chi connectivity index (χ2v) is 6.97. The van der Waals surface area contributed by atoms with Crippen LogP contribution in [0.25, 0.3) is 0 Å². The second kappa shape index (κ2) is 7.33. The molecule has 0 aliphatic carbocycles. The minimum absolute atomic E-state index is 0.130. The highest BCUT2D eigenvalue weighted by atomic mass is 16.5. The van der Waals surface area contributed by atoms with E-state index in [0.29, 0.717) is 12.0 Å². The molecule has 1 N–H and O–H groups in total. The van der Waals surface area contributed by atoms with Gasteiger partial charge in [0.05, 0.1) is 6.10 Å². The van der Waals surface area contributed by atoms with E-state index in [1.807, 2.05) is 18.2 Å². The van der Waals surface area contributed by atoms with E-state index in [0.717, 1.165) is 24.0 Å². The molecule has 1 saturated heterocycles. The lowest BCUT2D eigenvalue weighted by atomic mass is 9.93. The molecule has 0 aromatic heterocycles. The highest BCUT2D eigenvalue weighted by molar-refractivity contribution is 5.37. The van der Waals surface area contributed by atoms with Crippen molar-refractivity contribution in [1.82, 2.24) is 5.32 Å². The fourth-order valence-electron chi connectivity index (χ4n) is 3.61. The van der Waals surface area contributed by atoms with Crippen molar-refractivity contribution in [2.45, 2.75) is 44.6 Å². The van der Waals surface area contributed by atoms with Crippen molar-refractivity contribution in [3.63, 3.8) is 0 Å². The predicted octanol–water partition coefficient (Wildman–Crippen LogP) is 4.87. The van der Waals surface area contributed by atoms with E-state index in [1.165, 1.54) is 0 Å². The molecule has 0 unspecified atom stereocenters. The first-order chi connectivity index (χ1) is 11.7. The zero-order valence-corrected chi connectivity index (χ0v) is 14.6. The molecule has 0 amide bonds. The number of hydrogen-bond donors (Lipinski definition) is 1. The summed E-state index contributed by atoms with van der Waals surface area (Å²) < 4.78 is 6.69. The first-order valence-electron chi connectivity index (χ1n) is 8.83. The van der Waals surface area contributed by atoms with Crippen LogP contribution in [0, 0.1) is 5.92 Å². The van der Waals surface area contributed by atoms with Crippen molar-refractivity contribution in [3.8, 4) is 0 Å². The Kier molecular flexibility index (Phi) is 5.17. The molecule has 1 heterocycles. The van der Waals surface area contributed by atoms with Gasteiger partial charge in [0.1, 0.15) is 0 Å². The number of ether oxygens (including phenoxy) is 1. The van der Waals surface area contributed by atoms with Crippen LogP contribution in [0.1, 0.15) is 37.8 Å². The topological polar surface area (TPSA) is 21.3 Å². The van der Waals surface area contributed by atoms with Crippen molar-refractivity contribution in [1.29, 1.82) is 0 Å². The van der Waals surface area contributed by atoms with Gasteiger partial charge in [-0.1, -0.05) is 80.6 Å². The van der Waals surface area contributed by atoms with Gasteiger partial charge in [0.2, 0.25) is 0 Å². The van der Waals surface area contributed by atoms with Crippen molar-refractivity contribution in [3.05, 3.63) is 84.4 Å². The summed E-state index contributed by atoms with van der Waals surface area (Å²) in [7, 11) is 0. The zero-order chi connectivity index (χ0) is 17.0. The highest BCUT2D eigenvalue weighted by Crippen LogP contribution is 2.40. The number of nitrogens with one attached hydrogen (secondary N) is 1. The van der Waals surface area contributed by atoms with Gasteiger partial charge >= 0.3 is 0 Å². The second-order valence-electron chi connectivity index (χ2n) is 6.97. The average Bonchev–Trinajstić information content (AvgIpc) is 2.96. The maximum Gasteiger partial charge on any atom is 0.172 e. The minimum atomic E-state index is -0.588. The smallest absolute Gasteiger partial charge is 0.172 e. The third kappa shape index (κ3) is 3.31. The zero-order valence-electron chi connectivity index (χ0n) is 14.6. The summed E-state index contributed by atoms with van der Waals surface area (Å²) in [4.78, 5) is 0. The molecule has 0 saturated carbocycles. The van der Waals surface area contributed by atoms with E-state index in [2.05, 4.69) is 74.3 Å². The number of benzene rings is 2. The Morgan fingerprint density at radius 3 is 2.04 bits per heavy atom. The van der Waals surface area contributed by atoms with Crippen LogP contribution in [0.5, 0.6) is 0 Å². The molecule has 0 bridgehead atoms. The van der Waals surface area contributed by atoms with Crippen LogP contribution in [-0.2, 0) is 10.5 Å². The predicted molar refractivity (Wildman–Crippen MR) is 99.7 cm³/mol. The van der Waals surface area contributed by atoms with Gasteiger partial charge in [-0.2, -0.15) is 0 Å². The third-order valence-electron chi connectivity index (χ3n) is 4.65. The van der Waals surface area contributed by atoms with E-state index < -0.39 is 5.72 Å². The molecular weight excluding hydrogens is 294 g/mol. The maximum absolute atomic E-state index is 6.69. The molecule has 0 radical (unpaired) electrons. The summed E-state index contributed by atoms with van der Waals surface area (Å²) in [6.07, 6.45) is 4.03. The lowest BCUT2D eigenvalue weighted by Crippen LogP contribution is -2.43. The summed E-state index contributed by atoms with van der Waals surface area (Å²) in [5.41, 5.74) is 1.71. The molecule has 2 atom stereocenters. The fraction of sp³-hybridized carbons (Fsp3) is 0.364. The van der Waals surface area contributed by atoms with E-state index in [-0.39, 0.29) is 6.10 Å². The Balaban J connectivity index is 2.05. The quantitative estimate of drug-likeness (QED) is 0.767. The minimum Gasteiger partial charge on any atom is -0.347 e. The van der Waals surface area contributed by atoms with Crippen molar-refractivity contribution in [2.24, 2.45) is 5.92 Å². The molecule has 1 aliphatic heterocycles. The van der Waals surface area contributed by atoms with Crippen LogP contribution in [0.4, 0.5) is 0 Å². The number of rotatable bonds is 6. The van der Waals surface area contributed by atoms with Crippen molar-refractivity contribution < 1.29 is 4.74 Å². The largest absolute Gasteiger partial charge is 0.347 e. The van der Waals surface area contributed by atoms with E-state index in [9.17, 15) is 0 Å². The summed E-state index contributed by atoms with van der Waals surface area (Å²) in [5.74, 6) is 0.612. The van der Waals surface area contributed by atoms with Gasteiger partial charge in [-0.3, -0.25) is 5.32 Å². The third-order valence-corrected chi connectivity index (χ3v) is 4.65. The average molecular weight is 321 g/mol. The van der Waals surface area contributed by atoms with Crippen molar-refractivity contribution >= 4 is 0 Å². The first-order valence-corrected chi connectivity index (χ1v) is 8.83. The van der Waals surface area contributed by atoms with Crippen LogP contribution in [0.15, 0.2) is 73.3 Å². The Morgan fingerprint density at radius 2 is 1.58 bits per heavy atom. The standard InChI is InChI=1S/C22H27NO/c1-4-11-21-20(16-17(2)3)23-22(24-21,18-12-7-5-8-13-18)19-14-9-6-10-15-19/h4-10,12-15,17,20-21,23H,1,11,16H2,2-3H3/t20-,21-/m0/s1. The van der Waals surface area contributed by atoms with Crippen molar-refractivity contribution in [2.75, 3.05) is 0 Å². The molecule has 2 aromatic rings. The SMILES string of the molecule is C=CC[C@@H]1OC(c2ccccc2)(c2ccccc2)N[C@H]1CC(C)C. The van der Waals surface area contributed by atoms with Crippen LogP contribution in [0.2, 0.25) is 0 Å². The lowest BCUT2D eigenvalue weighted by Gasteiger charge is -2.31. The molecule has 3 rings (SSSR count). The Labute approximate surface area is 145 Å². The summed E-state index contributed by atoms with van der Waals surface area (Å²) in [6.45, 7) is 8.45. The Bertz CT molecular complexity index is 611. The molecule has 2 nitrogen and oxygen atoms in total. The molecular formula is C22H27NO. The van der Waals surface area contributed by atoms with E-state index in [1.54, 1.807) is 0 Å². The van der Waals surface area contributed by atoms with Gasteiger partial charge in [-0.25, -0.2) is 0 Å². The summed E-state index contributed by atoms with van der Waals surface area (Å²) in [6, 6.07) is 21.3. The van der Waals surface area contributed by atoms with Crippen LogP contribution >= 0.6 is 0 Å². The molecule has 1 aliphatic rings. The van der Waals surface area contributed by atoms with E-state index >= 15 is 0 Å². The first kappa shape index (κ1) is 16.9. The molecule has 24 heavy (non-hydrogen) atoms. The highest BCUT2D eigenvalue weighted by Gasteiger charge is 2.47. The van der Waals surface area contributed by atoms with Gasteiger partial charge in [0, 0.05) is 17.2 Å². The summed E-state index contributed by atoms with van der Waals surface area (Å²) >= 11 is 0. The van der Waals surface area contributed by atoms with Gasteiger partial charge in [0.25, 0.3) is 0 Å². The molecule has 1 fully saturated rings. The lowest BCUT2D eigenvalue weighted by molar-refractivity contribution is -0.0253. The summed E-state index contributed by atoms with van der Waals surface area (Å²) in [5, 5.41) is 3.83. The maximum atomic E-state index is 6.69. The van der Waals surface area contributed by atoms with Crippen LogP contribution < -0.4 is 5.32 Å². The molecule has 2 heteroatoms.